The predicted octanol–water partition coefficient (Wildman–Crippen LogP) is 0.407. The van der Waals surface area contributed by atoms with Gasteiger partial charge in [0.2, 0.25) is 15.9 Å². The van der Waals surface area contributed by atoms with Gasteiger partial charge in [0.05, 0.1) is 6.54 Å². The van der Waals surface area contributed by atoms with Crippen molar-refractivity contribution in [3.05, 3.63) is 29.8 Å². The number of hydrogen-bond donors (Lipinski definition) is 1. The van der Waals surface area contributed by atoms with E-state index >= 15 is 0 Å². The van der Waals surface area contributed by atoms with Crippen LogP contribution in [0.4, 0.5) is 8.78 Å². The van der Waals surface area contributed by atoms with E-state index in [1.807, 2.05) is 11.8 Å². The van der Waals surface area contributed by atoms with Crippen LogP contribution in [0.15, 0.2) is 23.1 Å². The molecule has 0 radical (unpaired) electrons. The molecule has 9 heteroatoms. The van der Waals surface area contributed by atoms with Crippen molar-refractivity contribution >= 4 is 15.9 Å². The van der Waals surface area contributed by atoms with E-state index in [0.717, 1.165) is 16.4 Å². The summed E-state index contributed by atoms with van der Waals surface area (Å²) >= 11 is 0. The zero-order chi connectivity index (χ0) is 17.0. The van der Waals surface area contributed by atoms with E-state index in [0.29, 0.717) is 25.7 Å². The van der Waals surface area contributed by atoms with Gasteiger partial charge in [-0.1, -0.05) is 0 Å². The monoisotopic (exact) mass is 347 g/mol. The molecule has 23 heavy (non-hydrogen) atoms. The molecule has 2 rings (SSSR count). The van der Waals surface area contributed by atoms with Gasteiger partial charge in [0.15, 0.2) is 0 Å². The Balaban J connectivity index is 2.02. The predicted molar refractivity (Wildman–Crippen MR) is 80.2 cm³/mol. The number of likely N-dealkylation sites (N-methyl/N-ethyl adjacent to an activating group) is 1. The summed E-state index contributed by atoms with van der Waals surface area (Å²) in [6, 6.07) is 2.40. The molecule has 128 valence electrons. The lowest BCUT2D eigenvalue weighted by atomic mass is 10.3. The van der Waals surface area contributed by atoms with Gasteiger partial charge in [-0.05, 0) is 19.1 Å². The van der Waals surface area contributed by atoms with Gasteiger partial charge in [-0.25, -0.2) is 17.2 Å². The fourth-order valence-corrected chi connectivity index (χ4v) is 3.88. The topological polar surface area (TPSA) is 69.7 Å². The maximum atomic E-state index is 13.7. The zero-order valence-corrected chi connectivity index (χ0v) is 13.6. The number of hydrogen-bond acceptors (Lipinski definition) is 4. The molecule has 0 spiro atoms. The first kappa shape index (κ1) is 17.8. The fourth-order valence-electron chi connectivity index (χ4n) is 2.41. The number of nitrogens with zero attached hydrogens (tertiary/aromatic N) is 2. The molecule has 1 aliphatic heterocycles. The summed E-state index contributed by atoms with van der Waals surface area (Å²) in [7, 11) is -4.01. The molecular formula is C14H19F2N3O3S. The van der Waals surface area contributed by atoms with Gasteiger partial charge in [-0.3, -0.25) is 9.69 Å². The Morgan fingerprint density at radius 1 is 1.22 bits per heavy atom. The van der Waals surface area contributed by atoms with E-state index in [1.54, 1.807) is 0 Å². The first-order valence-corrected chi connectivity index (χ1v) is 8.73. The molecule has 1 aromatic carbocycles. The van der Waals surface area contributed by atoms with Gasteiger partial charge < -0.3 is 5.32 Å². The zero-order valence-electron chi connectivity index (χ0n) is 12.8. The van der Waals surface area contributed by atoms with Crippen LogP contribution in [0.25, 0.3) is 0 Å². The van der Waals surface area contributed by atoms with Crippen molar-refractivity contribution in [2.24, 2.45) is 0 Å². The summed E-state index contributed by atoms with van der Waals surface area (Å²) < 4.78 is 52.6. The van der Waals surface area contributed by atoms with Gasteiger partial charge in [0, 0.05) is 38.8 Å². The van der Waals surface area contributed by atoms with Crippen LogP contribution in [-0.2, 0) is 14.8 Å². The molecule has 1 fully saturated rings. The minimum atomic E-state index is -4.01. The van der Waals surface area contributed by atoms with E-state index in [9.17, 15) is 22.0 Å². The lowest BCUT2D eigenvalue weighted by molar-refractivity contribution is -0.122. The van der Waals surface area contributed by atoms with Crippen molar-refractivity contribution in [1.82, 2.24) is 14.5 Å². The van der Waals surface area contributed by atoms with Crippen LogP contribution >= 0.6 is 0 Å². The highest BCUT2D eigenvalue weighted by atomic mass is 32.2. The normalized spacial score (nSPS) is 17.2. The summed E-state index contributed by atoms with van der Waals surface area (Å²) in [6.07, 6.45) is 0. The van der Waals surface area contributed by atoms with Crippen molar-refractivity contribution in [3.8, 4) is 0 Å². The summed E-state index contributed by atoms with van der Waals surface area (Å²) in [5.41, 5.74) is 0. The Kier molecular flexibility index (Phi) is 5.66. The van der Waals surface area contributed by atoms with Crippen molar-refractivity contribution in [2.45, 2.75) is 11.8 Å². The number of rotatable bonds is 5. The van der Waals surface area contributed by atoms with Crippen LogP contribution in [0.2, 0.25) is 0 Å². The Hall–Kier alpha value is -1.58. The first-order valence-electron chi connectivity index (χ1n) is 7.29. The SMILES string of the molecule is CCNC(=O)CN1CCN(S(=O)(=O)c2ccc(F)cc2F)CC1. The molecule has 6 nitrogen and oxygen atoms in total. The Morgan fingerprint density at radius 3 is 2.43 bits per heavy atom. The van der Waals surface area contributed by atoms with Crippen molar-refractivity contribution in [3.63, 3.8) is 0 Å². The lowest BCUT2D eigenvalue weighted by Crippen LogP contribution is -2.51. The van der Waals surface area contributed by atoms with E-state index in [4.69, 9.17) is 0 Å². The number of carbonyl (C=O) groups is 1. The van der Waals surface area contributed by atoms with Crippen LogP contribution in [0.5, 0.6) is 0 Å². The second-order valence-corrected chi connectivity index (χ2v) is 7.11. The van der Waals surface area contributed by atoms with Crippen LogP contribution < -0.4 is 5.32 Å². The highest BCUT2D eigenvalue weighted by Crippen LogP contribution is 2.21. The molecule has 0 bridgehead atoms. The van der Waals surface area contributed by atoms with Crippen LogP contribution in [0, 0.1) is 11.6 Å². The maximum Gasteiger partial charge on any atom is 0.246 e. The van der Waals surface area contributed by atoms with Gasteiger partial charge in [0.1, 0.15) is 16.5 Å². The van der Waals surface area contributed by atoms with E-state index < -0.39 is 26.6 Å². The van der Waals surface area contributed by atoms with Gasteiger partial charge in [0.25, 0.3) is 0 Å². The van der Waals surface area contributed by atoms with E-state index in [-0.39, 0.29) is 25.5 Å². The number of amides is 1. The average Bonchev–Trinajstić information content (AvgIpc) is 2.47. The molecule has 1 aliphatic rings. The molecule has 1 aromatic rings. The van der Waals surface area contributed by atoms with Gasteiger partial charge in [-0.15, -0.1) is 0 Å². The minimum absolute atomic E-state index is 0.117. The average molecular weight is 347 g/mol. The van der Waals surface area contributed by atoms with E-state index in [2.05, 4.69) is 5.32 Å². The Morgan fingerprint density at radius 2 is 1.87 bits per heavy atom. The van der Waals surface area contributed by atoms with Crippen LogP contribution in [0.3, 0.4) is 0 Å². The highest BCUT2D eigenvalue weighted by molar-refractivity contribution is 7.89. The molecule has 0 aliphatic carbocycles. The Bertz CT molecular complexity index is 674. The standard InChI is InChI=1S/C14H19F2N3O3S/c1-2-17-14(20)10-18-5-7-19(8-6-18)23(21,22)13-4-3-11(15)9-12(13)16/h3-4,9H,2,5-8,10H2,1H3,(H,17,20). The molecule has 0 unspecified atom stereocenters. The largest absolute Gasteiger partial charge is 0.355 e. The summed E-state index contributed by atoms with van der Waals surface area (Å²) in [6.45, 7) is 3.61. The smallest absolute Gasteiger partial charge is 0.246 e. The van der Waals surface area contributed by atoms with Gasteiger partial charge >= 0.3 is 0 Å². The van der Waals surface area contributed by atoms with Crippen molar-refractivity contribution in [2.75, 3.05) is 39.3 Å². The second-order valence-electron chi connectivity index (χ2n) is 5.21. The van der Waals surface area contributed by atoms with E-state index in [1.165, 1.54) is 0 Å². The third-order valence-corrected chi connectivity index (χ3v) is 5.52. The molecule has 1 heterocycles. The van der Waals surface area contributed by atoms with Crippen LogP contribution in [-0.4, -0.2) is 62.8 Å². The van der Waals surface area contributed by atoms with Crippen molar-refractivity contribution in [1.29, 1.82) is 0 Å². The number of piperazine rings is 1. The minimum Gasteiger partial charge on any atom is -0.355 e. The molecule has 1 saturated heterocycles. The number of halogens is 2. The molecular weight excluding hydrogens is 328 g/mol. The number of nitrogens with one attached hydrogen (secondary N) is 1. The third-order valence-electron chi connectivity index (χ3n) is 3.58. The molecule has 0 aromatic heterocycles. The number of benzene rings is 1. The Labute approximate surface area is 134 Å². The third kappa shape index (κ3) is 4.24. The molecule has 1 amide bonds. The lowest BCUT2D eigenvalue weighted by Gasteiger charge is -2.33. The highest BCUT2D eigenvalue weighted by Gasteiger charge is 2.31. The number of carbonyl (C=O) groups excluding carboxylic acids is 1. The summed E-state index contributed by atoms with van der Waals surface area (Å²) in [4.78, 5) is 12.8. The fraction of sp³-hybridized carbons (Fsp3) is 0.500. The molecule has 0 atom stereocenters. The second kappa shape index (κ2) is 7.33. The van der Waals surface area contributed by atoms with Crippen LogP contribution in [0.1, 0.15) is 6.92 Å². The van der Waals surface area contributed by atoms with Gasteiger partial charge in [-0.2, -0.15) is 4.31 Å². The summed E-state index contributed by atoms with van der Waals surface area (Å²) in [5, 5.41) is 2.68. The molecule has 0 saturated carbocycles. The number of sulfonamides is 1. The maximum absolute atomic E-state index is 13.7. The molecule has 1 N–H and O–H groups in total. The first-order chi connectivity index (χ1) is 10.8. The summed E-state index contributed by atoms with van der Waals surface area (Å²) in [5.74, 6) is -2.05. The van der Waals surface area contributed by atoms with Crippen molar-refractivity contribution < 1.29 is 22.0 Å². The quantitative estimate of drug-likeness (QED) is 0.838.